The van der Waals surface area contributed by atoms with Gasteiger partial charge in [0.1, 0.15) is 0 Å². The zero-order chi connectivity index (χ0) is 29.2. The van der Waals surface area contributed by atoms with Crippen molar-refractivity contribution in [3.63, 3.8) is 0 Å². The van der Waals surface area contributed by atoms with Gasteiger partial charge in [-0.3, -0.25) is 24.2 Å². The Labute approximate surface area is 245 Å². The summed E-state index contributed by atoms with van der Waals surface area (Å²) >= 11 is 0. The number of hydrogen-bond donors (Lipinski definition) is 4. The second-order valence-electron chi connectivity index (χ2n) is 13.6. The second-order valence-corrected chi connectivity index (χ2v) is 13.6. The zero-order valence-corrected chi connectivity index (χ0v) is 23.9. The number of aliphatic carboxylic acids is 2. The number of aliphatic imine (C=N–C) groups is 1. The Bertz CT molecular complexity index is 1260. The molecule has 11 heteroatoms. The molecule has 1 amide bonds. The molecule has 2 saturated heterocycles. The van der Waals surface area contributed by atoms with Crippen molar-refractivity contribution >= 4 is 34.9 Å². The molecule has 4 N–H and O–H groups in total. The molecule has 0 aromatic heterocycles. The SMILES string of the molecule is O=C(O)CN(CCNC(=O)C1=Nc2ccccc2N([C@H]2C[C@H]3CC[C@@H](C2)N3C23CC4CC(CC2C4)C3)C1O)CC(=O)O. The molecule has 4 saturated carbocycles. The fraction of sp³-hybridized carbons (Fsp3) is 0.677. The minimum Gasteiger partial charge on any atom is -0.480 e. The van der Waals surface area contributed by atoms with Crippen LogP contribution >= 0.6 is 0 Å². The summed E-state index contributed by atoms with van der Waals surface area (Å²) in [6.45, 7) is -0.824. The molecule has 1 aromatic carbocycles. The highest BCUT2D eigenvalue weighted by atomic mass is 16.4. The van der Waals surface area contributed by atoms with Crippen LogP contribution in [0.1, 0.15) is 57.8 Å². The van der Waals surface area contributed by atoms with Crippen LogP contribution in [0.15, 0.2) is 29.3 Å². The Morgan fingerprint density at radius 2 is 1.57 bits per heavy atom. The second kappa shape index (κ2) is 10.6. The molecular weight excluding hydrogens is 538 g/mol. The molecule has 0 radical (unpaired) electrons. The number of anilines is 1. The van der Waals surface area contributed by atoms with E-state index >= 15 is 0 Å². The number of nitrogens with zero attached hydrogens (tertiary/aromatic N) is 4. The molecule has 3 unspecified atom stereocenters. The Kier molecular flexibility index (Phi) is 7.02. The van der Waals surface area contributed by atoms with E-state index in [-0.39, 0.29) is 24.8 Å². The van der Waals surface area contributed by atoms with Gasteiger partial charge in [-0.1, -0.05) is 12.1 Å². The molecule has 4 aliphatic carbocycles. The number of carboxylic acid groups (broad SMARTS) is 2. The molecule has 8 rings (SSSR count). The molecule has 226 valence electrons. The topological polar surface area (TPSA) is 146 Å². The van der Waals surface area contributed by atoms with Crippen LogP contribution in [0.5, 0.6) is 0 Å². The minimum absolute atomic E-state index is 0.0110. The highest BCUT2D eigenvalue weighted by Gasteiger charge is 2.64. The predicted molar refractivity (Wildman–Crippen MR) is 155 cm³/mol. The van der Waals surface area contributed by atoms with Crippen molar-refractivity contribution in [2.75, 3.05) is 31.1 Å². The summed E-state index contributed by atoms with van der Waals surface area (Å²) in [4.78, 5) is 46.3. The summed E-state index contributed by atoms with van der Waals surface area (Å²) in [5.74, 6) is -0.150. The number of fused-ring (bicyclic) bond motifs is 3. The van der Waals surface area contributed by atoms with Crippen molar-refractivity contribution in [1.82, 2.24) is 15.1 Å². The third-order valence-corrected chi connectivity index (χ3v) is 11.1. The van der Waals surface area contributed by atoms with Crippen LogP contribution in [0, 0.1) is 17.8 Å². The van der Waals surface area contributed by atoms with E-state index in [0.717, 1.165) is 36.3 Å². The van der Waals surface area contributed by atoms with Gasteiger partial charge in [-0.2, -0.15) is 0 Å². The van der Waals surface area contributed by atoms with Crippen LogP contribution in [0.2, 0.25) is 0 Å². The molecular formula is C31H41N5O6. The summed E-state index contributed by atoms with van der Waals surface area (Å²) < 4.78 is 0. The summed E-state index contributed by atoms with van der Waals surface area (Å²) in [6.07, 6.45) is 10.1. The van der Waals surface area contributed by atoms with Gasteiger partial charge in [0.05, 0.1) is 24.5 Å². The van der Waals surface area contributed by atoms with Crippen molar-refractivity contribution in [2.45, 2.75) is 87.7 Å². The third kappa shape index (κ3) is 4.69. The molecule has 6 bridgehead atoms. The highest BCUT2D eigenvalue weighted by Crippen LogP contribution is 2.65. The number of aliphatic hydroxyl groups is 1. The normalized spacial score (nSPS) is 36.3. The average molecular weight is 580 g/mol. The Morgan fingerprint density at radius 3 is 2.21 bits per heavy atom. The number of carbonyl (C=O) groups excluding carboxylic acids is 1. The monoisotopic (exact) mass is 579 g/mol. The van der Waals surface area contributed by atoms with Gasteiger partial charge in [0.2, 0.25) is 0 Å². The summed E-state index contributed by atoms with van der Waals surface area (Å²) in [7, 11) is 0. The third-order valence-electron chi connectivity index (χ3n) is 11.1. The van der Waals surface area contributed by atoms with Crippen molar-refractivity contribution in [3.05, 3.63) is 24.3 Å². The van der Waals surface area contributed by atoms with Gasteiger partial charge in [-0.05, 0) is 87.7 Å². The molecule has 1 aromatic rings. The lowest BCUT2D eigenvalue weighted by atomic mass is 9.78. The molecule has 3 aliphatic heterocycles. The van der Waals surface area contributed by atoms with E-state index in [0.29, 0.717) is 23.3 Å². The minimum atomic E-state index is -1.21. The van der Waals surface area contributed by atoms with Gasteiger partial charge < -0.3 is 25.5 Å². The lowest BCUT2D eigenvalue weighted by molar-refractivity contribution is -0.141. The highest BCUT2D eigenvalue weighted by molar-refractivity contribution is 6.42. The first-order chi connectivity index (χ1) is 20.2. The van der Waals surface area contributed by atoms with Crippen LogP contribution in [0.3, 0.4) is 0 Å². The summed E-state index contributed by atoms with van der Waals surface area (Å²) in [5.41, 5.74) is 1.89. The van der Waals surface area contributed by atoms with E-state index in [9.17, 15) is 19.5 Å². The smallest absolute Gasteiger partial charge is 0.317 e. The number of amides is 1. The zero-order valence-electron chi connectivity index (χ0n) is 23.9. The van der Waals surface area contributed by atoms with Crippen LogP contribution in [-0.2, 0) is 14.4 Å². The van der Waals surface area contributed by atoms with Crippen LogP contribution < -0.4 is 10.2 Å². The first-order valence-electron chi connectivity index (χ1n) is 15.6. The van der Waals surface area contributed by atoms with E-state index in [1.165, 1.54) is 49.8 Å². The van der Waals surface area contributed by atoms with E-state index in [1.807, 2.05) is 29.2 Å². The molecule has 11 nitrogen and oxygen atoms in total. The Hall–Kier alpha value is -3.02. The number of aliphatic hydroxyl groups excluding tert-OH is 1. The van der Waals surface area contributed by atoms with Gasteiger partial charge in [0.25, 0.3) is 5.91 Å². The van der Waals surface area contributed by atoms with Crippen LogP contribution in [-0.4, -0.2) is 105 Å². The lowest BCUT2D eigenvalue weighted by Gasteiger charge is -2.54. The standard InChI is InChI=1S/C31H41N5O6/c37-26(38)16-34(17-27(39)40)8-7-32-29(41)28-30(42)35(25-4-2-1-3-24(25)33-28)23-12-21-5-6-22(13-23)36(21)31-14-18-9-19(15-31)11-20(31)10-18/h1-4,18-23,30,42H,5-17H2,(H,32,41)(H,37,38)(H,39,40)/t18?,19?,20?,21-,22+,23+,30?,31?. The van der Waals surface area contributed by atoms with Crippen molar-refractivity contribution in [1.29, 1.82) is 0 Å². The van der Waals surface area contributed by atoms with Gasteiger partial charge in [0.15, 0.2) is 11.9 Å². The molecule has 7 aliphatic rings. The largest absolute Gasteiger partial charge is 0.480 e. The number of para-hydroxylation sites is 2. The average Bonchev–Trinajstić information content (AvgIpc) is 3.46. The van der Waals surface area contributed by atoms with Gasteiger partial charge in [0, 0.05) is 36.8 Å². The van der Waals surface area contributed by atoms with Crippen LogP contribution in [0.25, 0.3) is 0 Å². The van der Waals surface area contributed by atoms with Gasteiger partial charge in [-0.15, -0.1) is 0 Å². The predicted octanol–water partition coefficient (Wildman–Crippen LogP) is 2.06. The Balaban J connectivity index is 1.07. The van der Waals surface area contributed by atoms with Crippen LogP contribution in [0.4, 0.5) is 11.4 Å². The number of piperidine rings is 1. The number of hydrogen-bond acceptors (Lipinski definition) is 8. The number of carbonyl (C=O) groups is 3. The van der Waals surface area contributed by atoms with Crippen molar-refractivity contribution in [2.24, 2.45) is 22.7 Å². The number of nitrogens with one attached hydrogen (secondary N) is 1. The number of carboxylic acids is 2. The van der Waals surface area contributed by atoms with E-state index < -0.39 is 37.2 Å². The quantitative estimate of drug-likeness (QED) is 0.327. The van der Waals surface area contributed by atoms with Crippen molar-refractivity contribution in [3.8, 4) is 0 Å². The van der Waals surface area contributed by atoms with Gasteiger partial charge >= 0.3 is 11.9 Å². The molecule has 3 heterocycles. The van der Waals surface area contributed by atoms with E-state index in [4.69, 9.17) is 10.2 Å². The van der Waals surface area contributed by atoms with E-state index in [1.54, 1.807) is 0 Å². The number of rotatable bonds is 10. The molecule has 0 spiro atoms. The molecule has 6 fully saturated rings. The number of benzene rings is 1. The molecule has 6 atom stereocenters. The van der Waals surface area contributed by atoms with Crippen molar-refractivity contribution < 1.29 is 29.7 Å². The maximum absolute atomic E-state index is 13.3. The summed E-state index contributed by atoms with van der Waals surface area (Å²) in [6, 6.07) is 8.72. The maximum Gasteiger partial charge on any atom is 0.317 e. The first-order valence-corrected chi connectivity index (χ1v) is 15.6. The lowest BCUT2D eigenvalue weighted by Crippen LogP contribution is -2.63. The first kappa shape index (κ1) is 27.8. The molecule has 42 heavy (non-hydrogen) atoms. The maximum atomic E-state index is 13.3. The van der Waals surface area contributed by atoms with E-state index in [2.05, 4.69) is 15.2 Å². The summed E-state index contributed by atoms with van der Waals surface area (Å²) in [5, 5.41) is 32.6. The Morgan fingerprint density at radius 1 is 0.929 bits per heavy atom. The van der Waals surface area contributed by atoms with Gasteiger partial charge in [-0.25, -0.2) is 4.99 Å². The fourth-order valence-electron chi connectivity index (χ4n) is 10.1. The fourth-order valence-corrected chi connectivity index (χ4v) is 10.1.